The van der Waals surface area contributed by atoms with E-state index in [1.807, 2.05) is 39.7 Å². The van der Waals surface area contributed by atoms with E-state index in [1.165, 1.54) is 18.4 Å². The predicted molar refractivity (Wildman–Crippen MR) is 156 cm³/mol. The molecule has 1 atom stereocenters. The van der Waals surface area contributed by atoms with Crippen LogP contribution in [0.25, 0.3) is 27.6 Å². The molecule has 0 spiro atoms. The standard InChI is InChI=1S/C30H24ClN3O3S2/c1-37-30(35)20-17-33(18-20)22-6-4-5-19(15-22)29-28(25-13-14-38-27(25)16-32)24-7-2-3-8-26(24)34(29)39(36)23-11-9-21(31)10-12-23/h2-3,5,7-15,20H,4,6,17-18H2,1H3. The zero-order valence-electron chi connectivity index (χ0n) is 21.1. The number of hydrogen-bond acceptors (Lipinski definition) is 6. The molecule has 196 valence electrons. The van der Waals surface area contributed by atoms with Gasteiger partial charge in [-0.3, -0.25) is 4.79 Å². The van der Waals surface area contributed by atoms with Crippen molar-refractivity contribution in [1.82, 2.24) is 8.87 Å². The SMILES string of the molecule is COC(=O)C1CN(C2=CC(c3c(-c4ccsc4C#N)c4ccccc4n3[S+]([O-])c3ccc(Cl)cc3)=CCC2)C1. The monoisotopic (exact) mass is 573 g/mol. The van der Waals surface area contributed by atoms with Crippen LogP contribution in [0.1, 0.15) is 23.4 Å². The van der Waals surface area contributed by atoms with E-state index in [9.17, 15) is 14.6 Å². The Kier molecular flexibility index (Phi) is 7.00. The van der Waals surface area contributed by atoms with Gasteiger partial charge >= 0.3 is 5.97 Å². The number of methoxy groups -OCH3 is 1. The minimum atomic E-state index is -1.58. The molecule has 4 aromatic rings. The average molecular weight is 574 g/mol. The summed E-state index contributed by atoms with van der Waals surface area (Å²) < 4.78 is 21.1. The van der Waals surface area contributed by atoms with Crippen LogP contribution < -0.4 is 0 Å². The Hall–Kier alpha value is -3.48. The number of hydrogen-bond donors (Lipinski definition) is 0. The number of fused-ring (bicyclic) bond motifs is 1. The highest BCUT2D eigenvalue weighted by Gasteiger charge is 2.36. The highest BCUT2D eigenvalue weighted by molar-refractivity contribution is 7.90. The van der Waals surface area contributed by atoms with Crippen LogP contribution in [-0.4, -0.2) is 39.6 Å². The van der Waals surface area contributed by atoms with Gasteiger partial charge in [0.05, 0.1) is 18.5 Å². The second kappa shape index (κ2) is 10.6. The number of aromatic nitrogens is 1. The van der Waals surface area contributed by atoms with Gasteiger partial charge in [0, 0.05) is 45.9 Å². The molecule has 0 bridgehead atoms. The van der Waals surface area contributed by atoms with E-state index in [2.05, 4.69) is 23.1 Å². The third-order valence-electron chi connectivity index (χ3n) is 7.23. The van der Waals surface area contributed by atoms with Gasteiger partial charge in [0.15, 0.2) is 4.90 Å². The van der Waals surface area contributed by atoms with Crippen LogP contribution >= 0.6 is 22.9 Å². The molecule has 39 heavy (non-hydrogen) atoms. The largest absolute Gasteiger partial charge is 0.587 e. The summed E-state index contributed by atoms with van der Waals surface area (Å²) in [6.07, 6.45) is 5.98. The zero-order chi connectivity index (χ0) is 27.1. The molecule has 3 heterocycles. The molecule has 1 aliphatic heterocycles. The smallest absolute Gasteiger partial charge is 0.312 e. The zero-order valence-corrected chi connectivity index (χ0v) is 23.5. The third kappa shape index (κ3) is 4.56. The van der Waals surface area contributed by atoms with Crippen molar-refractivity contribution in [2.24, 2.45) is 5.92 Å². The number of thiophene rings is 1. The van der Waals surface area contributed by atoms with Gasteiger partial charge in [-0.25, -0.2) is 0 Å². The molecule has 2 aromatic carbocycles. The molecule has 0 N–H and O–H groups in total. The summed E-state index contributed by atoms with van der Waals surface area (Å²) in [5.74, 6) is -0.297. The van der Waals surface area contributed by atoms with E-state index < -0.39 is 11.4 Å². The Morgan fingerprint density at radius 2 is 1.95 bits per heavy atom. The van der Waals surface area contributed by atoms with Crippen molar-refractivity contribution >= 4 is 56.7 Å². The van der Waals surface area contributed by atoms with Gasteiger partial charge < -0.3 is 14.2 Å². The maximum absolute atomic E-state index is 14.3. The Labute approximate surface area is 238 Å². The number of esters is 1. The van der Waals surface area contributed by atoms with Gasteiger partial charge in [-0.05, 0) is 60.7 Å². The van der Waals surface area contributed by atoms with Crippen molar-refractivity contribution in [3.63, 3.8) is 0 Å². The molecule has 6 rings (SSSR count). The van der Waals surface area contributed by atoms with E-state index >= 15 is 0 Å². The van der Waals surface area contributed by atoms with E-state index in [-0.39, 0.29) is 11.9 Å². The lowest BCUT2D eigenvalue weighted by Gasteiger charge is -2.41. The highest BCUT2D eigenvalue weighted by atomic mass is 35.5. The summed E-state index contributed by atoms with van der Waals surface area (Å²) in [6, 6.07) is 19.3. The molecule has 1 aliphatic carbocycles. The fourth-order valence-electron chi connectivity index (χ4n) is 5.30. The third-order valence-corrected chi connectivity index (χ3v) is 9.69. The number of nitriles is 1. The van der Waals surface area contributed by atoms with Crippen LogP contribution in [0.15, 0.2) is 82.7 Å². The van der Waals surface area contributed by atoms with Crippen LogP contribution in [0, 0.1) is 17.2 Å². The second-order valence-corrected chi connectivity index (χ2v) is 12.2. The minimum Gasteiger partial charge on any atom is -0.587 e. The molecule has 0 amide bonds. The maximum Gasteiger partial charge on any atom is 0.312 e. The summed E-state index contributed by atoms with van der Waals surface area (Å²) in [6.45, 7) is 1.25. The lowest BCUT2D eigenvalue weighted by atomic mass is 9.92. The molecular weight excluding hydrogens is 550 g/mol. The van der Waals surface area contributed by atoms with Crippen molar-refractivity contribution < 1.29 is 14.1 Å². The van der Waals surface area contributed by atoms with Crippen LogP contribution in [0.2, 0.25) is 5.02 Å². The van der Waals surface area contributed by atoms with Crippen molar-refractivity contribution in [3.8, 4) is 17.2 Å². The normalized spacial score (nSPS) is 16.3. The number of allylic oxidation sites excluding steroid dienone is 4. The molecular formula is C30H24ClN3O3S2. The second-order valence-electron chi connectivity index (χ2n) is 9.47. The van der Waals surface area contributed by atoms with Gasteiger partial charge in [-0.1, -0.05) is 35.9 Å². The van der Waals surface area contributed by atoms with Gasteiger partial charge in [-0.15, -0.1) is 11.3 Å². The van der Waals surface area contributed by atoms with E-state index in [4.69, 9.17) is 16.3 Å². The van der Waals surface area contributed by atoms with Crippen molar-refractivity contribution in [2.75, 3.05) is 20.2 Å². The quantitative estimate of drug-likeness (QED) is 0.191. The van der Waals surface area contributed by atoms with Gasteiger partial charge in [0.1, 0.15) is 28.0 Å². The first-order chi connectivity index (χ1) is 19.0. The van der Waals surface area contributed by atoms with Gasteiger partial charge in [-0.2, -0.15) is 9.23 Å². The topological polar surface area (TPSA) is 81.3 Å². The van der Waals surface area contributed by atoms with Crippen LogP contribution in [-0.2, 0) is 20.9 Å². The van der Waals surface area contributed by atoms with E-state index in [1.54, 1.807) is 24.3 Å². The number of ether oxygens (including phenoxy) is 1. The van der Waals surface area contributed by atoms with Crippen molar-refractivity contribution in [1.29, 1.82) is 5.26 Å². The Morgan fingerprint density at radius 1 is 1.18 bits per heavy atom. The molecule has 1 fully saturated rings. The first kappa shape index (κ1) is 25.8. The van der Waals surface area contributed by atoms with Crippen molar-refractivity contribution in [3.05, 3.63) is 93.4 Å². The fourth-order valence-corrected chi connectivity index (χ4v) is 7.39. The number of rotatable bonds is 6. The molecule has 9 heteroatoms. The summed E-state index contributed by atoms with van der Waals surface area (Å²) in [4.78, 5) is 15.4. The number of para-hydroxylation sites is 1. The lowest BCUT2D eigenvalue weighted by Crippen LogP contribution is -2.50. The predicted octanol–water partition coefficient (Wildman–Crippen LogP) is 6.63. The summed E-state index contributed by atoms with van der Waals surface area (Å²) in [5.41, 5.74) is 5.44. The highest BCUT2D eigenvalue weighted by Crippen LogP contribution is 2.45. The Bertz CT molecular complexity index is 1670. The summed E-state index contributed by atoms with van der Waals surface area (Å²) in [7, 11) is 1.42. The molecule has 1 unspecified atom stereocenters. The van der Waals surface area contributed by atoms with Gasteiger partial charge in [0.25, 0.3) is 0 Å². The van der Waals surface area contributed by atoms with Crippen LogP contribution in [0.3, 0.4) is 0 Å². The fraction of sp³-hybridized carbons (Fsp3) is 0.200. The number of halogens is 1. The summed E-state index contributed by atoms with van der Waals surface area (Å²) >= 11 is 5.95. The average Bonchev–Trinajstić information content (AvgIpc) is 3.54. The molecule has 0 radical (unpaired) electrons. The van der Waals surface area contributed by atoms with Crippen LogP contribution in [0.5, 0.6) is 0 Å². The number of nitrogens with zero attached hydrogens (tertiary/aromatic N) is 3. The van der Waals surface area contributed by atoms with Crippen molar-refractivity contribution in [2.45, 2.75) is 17.7 Å². The number of carbonyl (C=O) groups excluding carboxylic acids is 1. The molecule has 6 nitrogen and oxygen atoms in total. The molecule has 0 saturated carbocycles. The Balaban J connectivity index is 1.54. The Morgan fingerprint density at radius 3 is 2.69 bits per heavy atom. The van der Waals surface area contributed by atoms with Gasteiger partial charge in [0.2, 0.25) is 0 Å². The number of likely N-dealkylation sites (tertiary alicyclic amines) is 1. The molecule has 2 aliphatic rings. The minimum absolute atomic E-state index is 0.117. The number of benzene rings is 2. The number of carbonyl (C=O) groups is 1. The molecule has 2 aromatic heterocycles. The lowest BCUT2D eigenvalue weighted by molar-refractivity contribution is -0.150. The maximum atomic E-state index is 14.3. The van der Waals surface area contributed by atoms with E-state index in [0.29, 0.717) is 27.9 Å². The van der Waals surface area contributed by atoms with E-state index in [0.717, 1.165) is 51.8 Å². The summed E-state index contributed by atoms with van der Waals surface area (Å²) in [5, 5.41) is 13.3. The first-order valence-corrected chi connectivity index (χ1v) is 14.9. The molecule has 1 saturated heterocycles. The first-order valence-electron chi connectivity index (χ1n) is 12.5. The van der Waals surface area contributed by atoms with Crippen LogP contribution in [0.4, 0.5) is 0 Å².